The Bertz CT molecular complexity index is 1230. The maximum absolute atomic E-state index is 13.6. The number of ketones is 1. The van der Waals surface area contributed by atoms with Gasteiger partial charge in [-0.1, -0.05) is 71.4 Å². The van der Waals surface area contributed by atoms with Crippen molar-refractivity contribution >= 4 is 17.5 Å². The molecule has 0 radical (unpaired) electrons. The minimum atomic E-state index is -0.401. The molecule has 1 aliphatic carbocycles. The Labute approximate surface area is 191 Å². The Balaban J connectivity index is 1.54. The van der Waals surface area contributed by atoms with E-state index in [1.807, 2.05) is 61.7 Å². The second kappa shape index (κ2) is 8.71. The third-order valence-corrected chi connectivity index (χ3v) is 6.88. The zero-order chi connectivity index (χ0) is 22.1. The molecular formula is C26H24N4OS. The van der Waals surface area contributed by atoms with Crippen molar-refractivity contribution in [1.29, 1.82) is 0 Å². The summed E-state index contributed by atoms with van der Waals surface area (Å²) in [6.07, 6.45) is 5.76. The zero-order valence-corrected chi connectivity index (χ0v) is 18.9. The van der Waals surface area contributed by atoms with Crippen molar-refractivity contribution < 1.29 is 4.79 Å². The first kappa shape index (κ1) is 20.6. The third kappa shape index (κ3) is 4.23. The average molecular weight is 441 g/mol. The van der Waals surface area contributed by atoms with Crippen LogP contribution < -0.4 is 0 Å². The Morgan fingerprint density at radius 2 is 1.66 bits per heavy atom. The summed E-state index contributed by atoms with van der Waals surface area (Å²) in [4.78, 5) is 17.9. The first-order chi connectivity index (χ1) is 15.6. The van der Waals surface area contributed by atoms with Crippen LogP contribution in [0.5, 0.6) is 0 Å². The van der Waals surface area contributed by atoms with E-state index >= 15 is 0 Å². The molecule has 1 atom stereocenters. The van der Waals surface area contributed by atoms with Crippen LogP contribution in [-0.4, -0.2) is 25.5 Å². The minimum absolute atomic E-state index is 0.0760. The fraction of sp³-hybridized carbons (Fsp3) is 0.231. The van der Waals surface area contributed by atoms with Crippen molar-refractivity contribution in [1.82, 2.24) is 19.7 Å². The Kier molecular flexibility index (Phi) is 5.62. The van der Waals surface area contributed by atoms with Gasteiger partial charge in [0.1, 0.15) is 5.25 Å². The highest BCUT2D eigenvalue weighted by atomic mass is 32.2. The molecule has 6 heteroatoms. The van der Waals surface area contributed by atoms with Gasteiger partial charge in [0.2, 0.25) is 0 Å². The highest BCUT2D eigenvalue weighted by molar-refractivity contribution is 8.00. The van der Waals surface area contributed by atoms with Crippen molar-refractivity contribution in [3.8, 4) is 11.4 Å². The van der Waals surface area contributed by atoms with E-state index < -0.39 is 5.25 Å². The van der Waals surface area contributed by atoms with Gasteiger partial charge in [-0.2, -0.15) is 0 Å². The smallest absolute Gasteiger partial charge is 0.192 e. The Morgan fingerprint density at radius 3 is 2.28 bits per heavy atom. The molecule has 0 bridgehead atoms. The standard InChI is InChI=1S/C26H24N4OS/c1-17-5-9-19(10-6-17)23(31)24(20-11-7-18(2)8-12-20)32-26-29-28-25(30(26)22-13-14-22)21-4-3-15-27-16-21/h3-12,15-16,22,24H,13-14H2,1-2H3. The lowest BCUT2D eigenvalue weighted by Crippen LogP contribution is -2.12. The number of nitrogens with zero attached hydrogens (tertiary/aromatic N) is 4. The summed E-state index contributed by atoms with van der Waals surface area (Å²) in [5.74, 6) is 0.890. The van der Waals surface area contributed by atoms with Crippen LogP contribution in [0.2, 0.25) is 0 Å². The van der Waals surface area contributed by atoms with Crippen molar-refractivity contribution in [3.05, 3.63) is 95.3 Å². The molecule has 2 aromatic heterocycles. The molecule has 0 spiro atoms. The van der Waals surface area contributed by atoms with Crippen molar-refractivity contribution in [2.75, 3.05) is 0 Å². The first-order valence-corrected chi connectivity index (χ1v) is 11.7. The van der Waals surface area contributed by atoms with Gasteiger partial charge in [0, 0.05) is 29.6 Å². The SMILES string of the molecule is Cc1ccc(C(=O)C(Sc2nnc(-c3cccnc3)n2C2CC2)c2ccc(C)cc2)cc1. The second-order valence-electron chi connectivity index (χ2n) is 8.29. The lowest BCUT2D eigenvalue weighted by Gasteiger charge is -2.17. The summed E-state index contributed by atoms with van der Waals surface area (Å²) in [6, 6.07) is 20.3. The number of thioether (sulfide) groups is 1. The topological polar surface area (TPSA) is 60.7 Å². The molecule has 1 aliphatic rings. The predicted octanol–water partition coefficient (Wildman–Crippen LogP) is 6.01. The van der Waals surface area contributed by atoms with E-state index in [9.17, 15) is 4.79 Å². The summed E-state index contributed by atoms with van der Waals surface area (Å²) in [6.45, 7) is 4.08. The van der Waals surface area contributed by atoms with Crippen LogP contribution in [0.15, 0.2) is 78.2 Å². The molecule has 1 unspecified atom stereocenters. The van der Waals surface area contributed by atoms with E-state index in [1.165, 1.54) is 17.3 Å². The number of aromatic nitrogens is 4. The monoisotopic (exact) mass is 440 g/mol. The van der Waals surface area contributed by atoms with Gasteiger partial charge in [-0.15, -0.1) is 10.2 Å². The van der Waals surface area contributed by atoms with Gasteiger partial charge in [0.05, 0.1) is 0 Å². The lowest BCUT2D eigenvalue weighted by atomic mass is 10.0. The van der Waals surface area contributed by atoms with E-state index in [1.54, 1.807) is 6.20 Å². The molecule has 1 fully saturated rings. The largest absolute Gasteiger partial charge is 0.299 e. The number of carbonyl (C=O) groups excluding carboxylic acids is 1. The van der Waals surface area contributed by atoms with Gasteiger partial charge in [0.15, 0.2) is 16.8 Å². The maximum atomic E-state index is 13.6. The maximum Gasteiger partial charge on any atom is 0.192 e. The summed E-state index contributed by atoms with van der Waals surface area (Å²) < 4.78 is 2.19. The molecule has 0 aliphatic heterocycles. The fourth-order valence-corrected chi connectivity index (χ4v) is 4.88. The van der Waals surface area contributed by atoms with E-state index in [0.29, 0.717) is 11.6 Å². The Hall–Kier alpha value is -3.25. The minimum Gasteiger partial charge on any atom is -0.299 e. The van der Waals surface area contributed by atoms with Crippen molar-refractivity contribution in [3.63, 3.8) is 0 Å². The highest BCUT2D eigenvalue weighted by Crippen LogP contribution is 2.44. The van der Waals surface area contributed by atoms with E-state index in [0.717, 1.165) is 40.5 Å². The number of aryl methyl sites for hydroxylation is 2. The highest BCUT2D eigenvalue weighted by Gasteiger charge is 2.33. The summed E-state index contributed by atoms with van der Waals surface area (Å²) in [5.41, 5.74) is 4.92. The molecule has 2 aromatic carbocycles. The molecule has 5 nitrogen and oxygen atoms in total. The molecule has 2 heterocycles. The summed E-state index contributed by atoms with van der Waals surface area (Å²) >= 11 is 1.48. The number of carbonyl (C=O) groups is 1. The molecule has 32 heavy (non-hydrogen) atoms. The fourth-order valence-electron chi connectivity index (χ4n) is 3.70. The summed E-state index contributed by atoms with van der Waals surface area (Å²) in [7, 11) is 0. The third-order valence-electron chi connectivity index (χ3n) is 5.67. The van der Waals surface area contributed by atoms with Crippen LogP contribution in [-0.2, 0) is 0 Å². The van der Waals surface area contributed by atoms with Gasteiger partial charge in [-0.3, -0.25) is 14.3 Å². The predicted molar refractivity (Wildman–Crippen MR) is 127 cm³/mol. The van der Waals surface area contributed by atoms with Gasteiger partial charge in [-0.25, -0.2) is 0 Å². The van der Waals surface area contributed by atoms with Crippen LogP contribution in [0.25, 0.3) is 11.4 Å². The molecule has 5 rings (SSSR count). The van der Waals surface area contributed by atoms with Gasteiger partial charge in [0.25, 0.3) is 0 Å². The number of benzene rings is 2. The number of hydrogen-bond acceptors (Lipinski definition) is 5. The molecule has 4 aromatic rings. The van der Waals surface area contributed by atoms with Crippen LogP contribution >= 0.6 is 11.8 Å². The van der Waals surface area contributed by atoms with Crippen LogP contribution in [0, 0.1) is 13.8 Å². The molecular weight excluding hydrogens is 416 g/mol. The molecule has 0 saturated heterocycles. The lowest BCUT2D eigenvalue weighted by molar-refractivity contribution is 0.0989. The normalized spacial score (nSPS) is 14.3. The van der Waals surface area contributed by atoms with Gasteiger partial charge in [-0.05, 0) is 44.4 Å². The number of rotatable bonds is 7. The second-order valence-corrected chi connectivity index (χ2v) is 9.36. The number of Topliss-reactive ketones (excluding diaryl/α,β-unsaturated/α-hetero) is 1. The first-order valence-electron chi connectivity index (χ1n) is 10.8. The molecule has 1 saturated carbocycles. The Morgan fingerprint density at radius 1 is 0.969 bits per heavy atom. The van der Waals surface area contributed by atoms with Gasteiger partial charge >= 0.3 is 0 Å². The van der Waals surface area contributed by atoms with Crippen LogP contribution in [0.1, 0.15) is 51.2 Å². The van der Waals surface area contributed by atoms with E-state index in [-0.39, 0.29) is 5.78 Å². The summed E-state index contributed by atoms with van der Waals surface area (Å²) in [5, 5.41) is 9.39. The van der Waals surface area contributed by atoms with Crippen molar-refractivity contribution in [2.45, 2.75) is 43.1 Å². The number of pyridine rings is 1. The quantitative estimate of drug-likeness (QED) is 0.260. The van der Waals surface area contributed by atoms with E-state index in [4.69, 9.17) is 0 Å². The average Bonchev–Trinajstić information content (AvgIpc) is 3.58. The van der Waals surface area contributed by atoms with Crippen LogP contribution in [0.4, 0.5) is 0 Å². The van der Waals surface area contributed by atoms with Crippen LogP contribution in [0.3, 0.4) is 0 Å². The van der Waals surface area contributed by atoms with Crippen molar-refractivity contribution in [2.24, 2.45) is 0 Å². The van der Waals surface area contributed by atoms with E-state index in [2.05, 4.69) is 38.8 Å². The molecule has 160 valence electrons. The molecule has 0 amide bonds. The number of hydrogen-bond donors (Lipinski definition) is 0. The zero-order valence-electron chi connectivity index (χ0n) is 18.1. The van der Waals surface area contributed by atoms with Gasteiger partial charge < -0.3 is 0 Å². The molecule has 0 N–H and O–H groups in total.